The summed E-state index contributed by atoms with van der Waals surface area (Å²) in [6, 6.07) is 16.2. The van der Waals surface area contributed by atoms with Gasteiger partial charge in [-0.3, -0.25) is 14.1 Å². The molecule has 0 spiro atoms. The summed E-state index contributed by atoms with van der Waals surface area (Å²) in [4.78, 5) is 18.3. The van der Waals surface area contributed by atoms with Crippen LogP contribution in [0.3, 0.4) is 0 Å². The predicted molar refractivity (Wildman–Crippen MR) is 139 cm³/mol. The van der Waals surface area contributed by atoms with Crippen LogP contribution >= 0.6 is 0 Å². The van der Waals surface area contributed by atoms with E-state index in [2.05, 4.69) is 46.0 Å². The number of benzene rings is 1. The second kappa shape index (κ2) is 10.2. The van der Waals surface area contributed by atoms with E-state index in [1.165, 1.54) is 0 Å². The maximum Gasteiger partial charge on any atom is 0.334 e. The van der Waals surface area contributed by atoms with Crippen molar-refractivity contribution >= 4 is 0 Å². The largest absolute Gasteiger partial charge is 0.334 e. The van der Waals surface area contributed by atoms with Crippen molar-refractivity contribution in [2.24, 2.45) is 0 Å². The van der Waals surface area contributed by atoms with E-state index in [1.54, 1.807) is 4.57 Å². The van der Waals surface area contributed by atoms with E-state index in [0.717, 1.165) is 53.2 Å². The molecule has 5 aromatic rings. The number of imidazole rings is 1. The van der Waals surface area contributed by atoms with Gasteiger partial charge in [0.05, 0.1) is 12.2 Å². The third kappa shape index (κ3) is 4.39. The number of pyridine rings is 1. The van der Waals surface area contributed by atoms with Gasteiger partial charge in [0.15, 0.2) is 0 Å². The summed E-state index contributed by atoms with van der Waals surface area (Å²) < 4.78 is 5.77. The van der Waals surface area contributed by atoms with E-state index in [-0.39, 0.29) is 5.69 Å². The van der Waals surface area contributed by atoms with E-state index in [1.807, 2.05) is 71.7 Å². The fraction of sp³-hybridized carbons (Fsp3) is 0.296. The van der Waals surface area contributed by atoms with Crippen LogP contribution in [0.25, 0.3) is 28.3 Å². The molecule has 0 bridgehead atoms. The van der Waals surface area contributed by atoms with Crippen molar-refractivity contribution < 1.29 is 0 Å². The van der Waals surface area contributed by atoms with Crippen LogP contribution in [0, 0.1) is 0 Å². The molecule has 0 aliphatic rings. The van der Waals surface area contributed by atoms with Crippen LogP contribution in [0.1, 0.15) is 51.0 Å². The quantitative estimate of drug-likeness (QED) is 0.330. The number of aromatic nitrogens is 8. The minimum absolute atomic E-state index is 0.0463. The summed E-state index contributed by atoms with van der Waals surface area (Å²) >= 11 is 0. The molecular formula is C27H30N8O. The first-order valence-electron chi connectivity index (χ1n) is 12.4. The highest BCUT2D eigenvalue weighted by molar-refractivity contribution is 5.79. The number of tetrazole rings is 1. The van der Waals surface area contributed by atoms with Crippen LogP contribution in [0.4, 0.5) is 0 Å². The summed E-state index contributed by atoms with van der Waals surface area (Å²) in [5.41, 5.74) is 4.58. The summed E-state index contributed by atoms with van der Waals surface area (Å²) in [5, 5.41) is 14.4. The lowest BCUT2D eigenvalue weighted by molar-refractivity contribution is 0.521. The van der Waals surface area contributed by atoms with E-state index in [0.29, 0.717) is 18.4 Å². The SMILES string of the molecule is CCCc1cn(-c2cccn2C(C)CC)c(=O)n1Cc1ccc(-c2ccccc2-c2nn[nH]n2)cn1. The van der Waals surface area contributed by atoms with Gasteiger partial charge in [0.2, 0.25) is 5.82 Å². The first-order valence-corrected chi connectivity index (χ1v) is 12.4. The van der Waals surface area contributed by atoms with E-state index in [4.69, 9.17) is 4.98 Å². The topological polar surface area (TPSA) is 99.2 Å². The van der Waals surface area contributed by atoms with Crippen molar-refractivity contribution in [1.29, 1.82) is 0 Å². The molecule has 1 N–H and O–H groups in total. The summed E-state index contributed by atoms with van der Waals surface area (Å²) in [6.07, 6.45) is 8.63. The molecule has 9 heteroatoms. The van der Waals surface area contributed by atoms with Gasteiger partial charge in [-0.1, -0.05) is 50.6 Å². The standard InChI is InChI=1S/C27H30N8O/c1-4-9-22-18-35(25-12-8-15-33(25)19(3)5-2)27(36)34(22)17-21-14-13-20(16-28-21)23-10-6-7-11-24(23)26-29-31-32-30-26/h6-8,10-16,18-19H,4-5,9,17H2,1-3H3,(H,29,30,31,32). The smallest absolute Gasteiger partial charge is 0.331 e. The number of hydrogen-bond donors (Lipinski definition) is 1. The molecule has 0 amide bonds. The molecule has 0 fully saturated rings. The Morgan fingerprint density at radius 3 is 2.56 bits per heavy atom. The van der Waals surface area contributed by atoms with Gasteiger partial charge in [-0.25, -0.2) is 4.79 Å². The van der Waals surface area contributed by atoms with Crippen molar-refractivity contribution in [2.45, 2.75) is 52.6 Å². The molecule has 9 nitrogen and oxygen atoms in total. The molecular weight excluding hydrogens is 452 g/mol. The number of hydrogen-bond acceptors (Lipinski definition) is 5. The Morgan fingerprint density at radius 2 is 1.86 bits per heavy atom. The Kier molecular flexibility index (Phi) is 6.62. The highest BCUT2D eigenvalue weighted by Crippen LogP contribution is 2.29. The Balaban J connectivity index is 1.47. The Bertz CT molecular complexity index is 1490. The van der Waals surface area contributed by atoms with Crippen molar-refractivity contribution in [1.82, 2.24) is 39.3 Å². The van der Waals surface area contributed by atoms with Gasteiger partial charge in [-0.05, 0) is 48.7 Å². The molecule has 0 aliphatic heterocycles. The molecule has 0 saturated heterocycles. The average molecular weight is 483 g/mol. The van der Waals surface area contributed by atoms with Crippen LogP contribution in [-0.4, -0.2) is 39.3 Å². The molecule has 0 aliphatic carbocycles. The fourth-order valence-corrected chi connectivity index (χ4v) is 4.52. The van der Waals surface area contributed by atoms with Gasteiger partial charge in [-0.2, -0.15) is 5.21 Å². The van der Waals surface area contributed by atoms with Gasteiger partial charge >= 0.3 is 5.69 Å². The molecule has 5 rings (SSSR count). The fourth-order valence-electron chi connectivity index (χ4n) is 4.52. The summed E-state index contributed by atoms with van der Waals surface area (Å²) in [6.45, 7) is 6.86. The van der Waals surface area contributed by atoms with Gasteiger partial charge in [0.1, 0.15) is 5.82 Å². The van der Waals surface area contributed by atoms with Crippen LogP contribution in [0.15, 0.2) is 71.9 Å². The van der Waals surface area contributed by atoms with Crippen LogP contribution in [0.2, 0.25) is 0 Å². The molecule has 184 valence electrons. The van der Waals surface area contributed by atoms with Gasteiger partial charge in [0, 0.05) is 41.5 Å². The average Bonchev–Trinajstić information content (AvgIpc) is 3.67. The maximum atomic E-state index is 13.6. The molecule has 0 radical (unpaired) electrons. The maximum absolute atomic E-state index is 13.6. The number of aromatic amines is 1. The molecule has 1 atom stereocenters. The Labute approximate surface area is 209 Å². The lowest BCUT2D eigenvalue weighted by atomic mass is 10.0. The number of nitrogens with zero attached hydrogens (tertiary/aromatic N) is 7. The number of H-pyrrole nitrogens is 1. The summed E-state index contributed by atoms with van der Waals surface area (Å²) in [5.74, 6) is 1.43. The van der Waals surface area contributed by atoms with Crippen LogP contribution in [0.5, 0.6) is 0 Å². The second-order valence-corrected chi connectivity index (χ2v) is 8.96. The van der Waals surface area contributed by atoms with Crippen molar-refractivity contribution in [2.75, 3.05) is 0 Å². The minimum Gasteiger partial charge on any atom is -0.331 e. The van der Waals surface area contributed by atoms with E-state index >= 15 is 0 Å². The summed E-state index contributed by atoms with van der Waals surface area (Å²) in [7, 11) is 0. The monoisotopic (exact) mass is 482 g/mol. The lowest BCUT2D eigenvalue weighted by Gasteiger charge is -2.15. The zero-order valence-electron chi connectivity index (χ0n) is 20.8. The Hall–Kier alpha value is -4.27. The molecule has 4 aromatic heterocycles. The van der Waals surface area contributed by atoms with Crippen molar-refractivity contribution in [3.05, 3.63) is 89.0 Å². The van der Waals surface area contributed by atoms with Crippen LogP contribution < -0.4 is 5.69 Å². The second-order valence-electron chi connectivity index (χ2n) is 8.96. The molecule has 1 unspecified atom stereocenters. The van der Waals surface area contributed by atoms with Crippen molar-refractivity contribution in [3.63, 3.8) is 0 Å². The van der Waals surface area contributed by atoms with Crippen molar-refractivity contribution in [3.8, 4) is 28.3 Å². The molecule has 4 heterocycles. The highest BCUT2D eigenvalue weighted by Gasteiger charge is 2.17. The highest BCUT2D eigenvalue weighted by atomic mass is 16.1. The van der Waals surface area contributed by atoms with Gasteiger partial charge < -0.3 is 4.57 Å². The van der Waals surface area contributed by atoms with E-state index in [9.17, 15) is 4.79 Å². The zero-order chi connectivity index (χ0) is 25.1. The third-order valence-corrected chi connectivity index (χ3v) is 6.61. The number of rotatable bonds is 9. The van der Waals surface area contributed by atoms with E-state index < -0.39 is 0 Å². The molecule has 0 saturated carbocycles. The zero-order valence-corrected chi connectivity index (χ0v) is 20.8. The van der Waals surface area contributed by atoms with Crippen LogP contribution in [-0.2, 0) is 13.0 Å². The minimum atomic E-state index is -0.0463. The number of nitrogens with one attached hydrogen (secondary N) is 1. The lowest BCUT2D eigenvalue weighted by Crippen LogP contribution is -2.26. The third-order valence-electron chi connectivity index (χ3n) is 6.61. The normalized spacial score (nSPS) is 12.2. The predicted octanol–water partition coefficient (Wildman–Crippen LogP) is 4.65. The molecule has 1 aromatic carbocycles. The Morgan fingerprint density at radius 1 is 1.03 bits per heavy atom. The number of aryl methyl sites for hydroxylation is 1. The van der Waals surface area contributed by atoms with Gasteiger partial charge in [0.25, 0.3) is 0 Å². The molecule has 36 heavy (non-hydrogen) atoms. The first kappa shape index (κ1) is 23.5. The first-order chi connectivity index (χ1) is 17.6. The van der Waals surface area contributed by atoms with Gasteiger partial charge in [-0.15, -0.1) is 10.2 Å².